The van der Waals surface area contributed by atoms with Crippen molar-refractivity contribution in [3.8, 4) is 0 Å². The average molecular weight is 457 g/mol. The van der Waals surface area contributed by atoms with Crippen LogP contribution in [0.15, 0.2) is 72.8 Å². The number of nitrogen functional groups attached to an aromatic ring is 1. The molecule has 3 aromatic carbocycles. The Balaban J connectivity index is 1.53. The largest absolute Gasteiger partial charge is 0.384 e. The molecule has 1 fully saturated rings. The summed E-state index contributed by atoms with van der Waals surface area (Å²) in [5.74, 6) is 0.0844. The summed E-state index contributed by atoms with van der Waals surface area (Å²) < 4.78 is 0. The molecule has 1 aliphatic heterocycles. The van der Waals surface area contributed by atoms with Crippen LogP contribution in [0.3, 0.4) is 0 Å². The van der Waals surface area contributed by atoms with Crippen LogP contribution in [-0.4, -0.2) is 24.3 Å². The van der Waals surface area contributed by atoms with Crippen LogP contribution in [0.1, 0.15) is 30.4 Å². The Kier molecular flexibility index (Phi) is 6.77. The number of nitrogens with one attached hydrogen (secondary N) is 3. The first-order valence-electron chi connectivity index (χ1n) is 11.2. The van der Waals surface area contributed by atoms with Gasteiger partial charge in [-0.25, -0.2) is 10.2 Å². The van der Waals surface area contributed by atoms with Gasteiger partial charge in [0.15, 0.2) is 0 Å². The Hall–Kier alpha value is -4.33. The maximum Gasteiger partial charge on any atom is 0.338 e. The fourth-order valence-electron chi connectivity index (χ4n) is 4.03. The van der Waals surface area contributed by atoms with E-state index in [9.17, 15) is 9.59 Å². The molecule has 0 saturated carbocycles. The third-order valence-electron chi connectivity index (χ3n) is 5.71. The molecular weight excluding hydrogens is 428 g/mol. The molecule has 4 rings (SSSR count). The fraction of sp³-hybridized carbons (Fsp3) is 0.192. The number of rotatable bonds is 6. The van der Waals surface area contributed by atoms with Crippen molar-refractivity contribution in [2.75, 3.05) is 21.8 Å². The van der Waals surface area contributed by atoms with Gasteiger partial charge in [-0.05, 0) is 67.8 Å². The monoisotopic (exact) mass is 456 g/mol. The summed E-state index contributed by atoms with van der Waals surface area (Å²) in [6, 6.07) is 21.6. The lowest BCUT2D eigenvalue weighted by atomic mass is 10.1. The molecule has 5 N–H and O–H groups in total. The summed E-state index contributed by atoms with van der Waals surface area (Å²) in [7, 11) is 0. The number of carbonyl (C=O) groups is 2. The second-order valence-corrected chi connectivity index (χ2v) is 8.20. The molecule has 0 atom stereocenters. The number of hydrogen-bond donors (Lipinski definition) is 4. The highest BCUT2D eigenvalue weighted by Crippen LogP contribution is 2.28. The van der Waals surface area contributed by atoms with E-state index in [1.807, 2.05) is 60.4 Å². The Labute approximate surface area is 198 Å². The van der Waals surface area contributed by atoms with Gasteiger partial charge in [0.05, 0.1) is 11.4 Å². The van der Waals surface area contributed by atoms with E-state index in [0.29, 0.717) is 23.4 Å². The number of aryl methyl sites for hydroxylation is 1. The van der Waals surface area contributed by atoms with Gasteiger partial charge >= 0.3 is 6.03 Å². The number of carbonyl (C=O) groups excluding carboxylic acids is 2. The third-order valence-corrected chi connectivity index (χ3v) is 5.71. The van der Waals surface area contributed by atoms with Crippen molar-refractivity contribution in [1.82, 2.24) is 5.43 Å². The Bertz CT molecular complexity index is 1210. The minimum absolute atomic E-state index is 0.0536. The van der Waals surface area contributed by atoms with Crippen LogP contribution in [0.2, 0.25) is 0 Å². The van der Waals surface area contributed by atoms with Crippen molar-refractivity contribution < 1.29 is 9.59 Å². The number of nitrogens with zero attached hydrogens (tertiary/aromatic N) is 2. The van der Waals surface area contributed by atoms with Crippen molar-refractivity contribution in [3.63, 3.8) is 0 Å². The lowest BCUT2D eigenvalue weighted by Gasteiger charge is -2.28. The van der Waals surface area contributed by atoms with Crippen molar-refractivity contribution in [1.29, 1.82) is 5.41 Å². The summed E-state index contributed by atoms with van der Waals surface area (Å²) in [6.45, 7) is 2.65. The molecular formula is C26H28N6O2. The predicted molar refractivity (Wildman–Crippen MR) is 136 cm³/mol. The van der Waals surface area contributed by atoms with Crippen LogP contribution >= 0.6 is 0 Å². The van der Waals surface area contributed by atoms with Gasteiger partial charge in [0.2, 0.25) is 5.91 Å². The van der Waals surface area contributed by atoms with E-state index in [1.54, 1.807) is 29.3 Å². The first-order valence-corrected chi connectivity index (χ1v) is 11.2. The minimum atomic E-state index is -0.432. The number of nitrogens with two attached hydrogens (primary N) is 1. The zero-order valence-corrected chi connectivity index (χ0v) is 19.0. The standard InChI is InChI=1S/C26H28N6O2/c1-18-16-20(13-14-23(18)31-15-6-5-12-24(31)33)29-26(34)30-32(21-9-3-2-4-10-21)22-11-7-8-19(17-22)25(27)28/h2-4,7-11,13-14,16-17H,5-6,12,15H2,1H3,(H3,27,28)(H2,29,30,34). The van der Waals surface area contributed by atoms with E-state index in [0.717, 1.165) is 36.3 Å². The Morgan fingerprint density at radius 3 is 2.47 bits per heavy atom. The smallest absolute Gasteiger partial charge is 0.338 e. The maximum atomic E-state index is 12.9. The topological polar surface area (TPSA) is 115 Å². The van der Waals surface area contributed by atoms with Gasteiger partial charge in [0.1, 0.15) is 5.84 Å². The van der Waals surface area contributed by atoms with Gasteiger partial charge in [0.25, 0.3) is 0 Å². The van der Waals surface area contributed by atoms with Crippen molar-refractivity contribution in [2.24, 2.45) is 5.73 Å². The first-order chi connectivity index (χ1) is 16.4. The van der Waals surface area contributed by atoms with E-state index < -0.39 is 6.03 Å². The number of urea groups is 1. The highest BCUT2D eigenvalue weighted by Gasteiger charge is 2.21. The van der Waals surface area contributed by atoms with Gasteiger partial charge in [-0.1, -0.05) is 30.3 Å². The van der Waals surface area contributed by atoms with Crippen LogP contribution in [0, 0.1) is 12.3 Å². The van der Waals surface area contributed by atoms with Gasteiger partial charge in [-0.2, -0.15) is 0 Å². The molecule has 0 bridgehead atoms. The molecule has 0 spiro atoms. The molecule has 1 aliphatic rings. The molecule has 3 amide bonds. The van der Waals surface area contributed by atoms with Crippen LogP contribution < -0.4 is 26.4 Å². The third kappa shape index (κ3) is 5.17. The number of benzene rings is 3. The minimum Gasteiger partial charge on any atom is -0.384 e. The number of para-hydroxylation sites is 1. The zero-order valence-electron chi connectivity index (χ0n) is 19.0. The molecule has 1 heterocycles. The number of hydrazine groups is 1. The first kappa shape index (κ1) is 22.8. The number of amidine groups is 1. The van der Waals surface area contributed by atoms with E-state index in [4.69, 9.17) is 11.1 Å². The average Bonchev–Trinajstić information content (AvgIpc) is 2.84. The fourth-order valence-corrected chi connectivity index (χ4v) is 4.03. The Morgan fingerprint density at radius 2 is 1.76 bits per heavy atom. The Morgan fingerprint density at radius 1 is 1.00 bits per heavy atom. The second kappa shape index (κ2) is 10.1. The summed E-state index contributed by atoms with van der Waals surface area (Å²) in [5, 5.41) is 12.2. The maximum absolute atomic E-state index is 12.9. The molecule has 34 heavy (non-hydrogen) atoms. The van der Waals surface area contributed by atoms with E-state index in [1.165, 1.54) is 0 Å². The van der Waals surface area contributed by atoms with Crippen LogP contribution in [0.4, 0.5) is 27.5 Å². The molecule has 1 saturated heterocycles. The van der Waals surface area contributed by atoms with E-state index in [-0.39, 0.29) is 11.7 Å². The lowest BCUT2D eigenvalue weighted by molar-refractivity contribution is -0.119. The summed E-state index contributed by atoms with van der Waals surface area (Å²) in [5.41, 5.74) is 12.9. The van der Waals surface area contributed by atoms with Crippen molar-refractivity contribution in [2.45, 2.75) is 26.2 Å². The molecule has 3 aromatic rings. The van der Waals surface area contributed by atoms with Gasteiger partial charge < -0.3 is 16.0 Å². The van der Waals surface area contributed by atoms with Crippen LogP contribution in [0.5, 0.6) is 0 Å². The normalized spacial score (nSPS) is 13.3. The van der Waals surface area contributed by atoms with E-state index in [2.05, 4.69) is 10.7 Å². The lowest BCUT2D eigenvalue weighted by Crippen LogP contribution is -2.41. The van der Waals surface area contributed by atoms with Gasteiger partial charge in [0, 0.05) is 29.9 Å². The molecule has 8 heteroatoms. The highest BCUT2D eigenvalue weighted by molar-refractivity contribution is 5.97. The number of amides is 3. The van der Waals surface area contributed by atoms with Crippen molar-refractivity contribution in [3.05, 3.63) is 83.9 Å². The number of anilines is 4. The second-order valence-electron chi connectivity index (χ2n) is 8.20. The zero-order chi connectivity index (χ0) is 24.1. The number of hydrogen-bond acceptors (Lipinski definition) is 4. The predicted octanol–water partition coefficient (Wildman–Crippen LogP) is 4.67. The van der Waals surface area contributed by atoms with Gasteiger partial charge in [-0.3, -0.25) is 15.2 Å². The summed E-state index contributed by atoms with van der Waals surface area (Å²) in [6.07, 6.45) is 2.50. The summed E-state index contributed by atoms with van der Waals surface area (Å²) >= 11 is 0. The molecule has 8 nitrogen and oxygen atoms in total. The SMILES string of the molecule is Cc1cc(NC(=O)NN(c2ccccc2)c2cccc(C(=N)N)c2)ccc1N1CCCCC1=O. The van der Waals surface area contributed by atoms with Crippen LogP contribution in [0.25, 0.3) is 0 Å². The highest BCUT2D eigenvalue weighted by atomic mass is 16.2. The molecule has 0 aromatic heterocycles. The molecule has 174 valence electrons. The molecule has 0 radical (unpaired) electrons. The quantitative estimate of drug-likeness (QED) is 0.245. The van der Waals surface area contributed by atoms with Crippen LogP contribution in [-0.2, 0) is 4.79 Å². The number of piperidine rings is 1. The summed E-state index contributed by atoms with van der Waals surface area (Å²) in [4.78, 5) is 27.1. The van der Waals surface area contributed by atoms with E-state index >= 15 is 0 Å². The van der Waals surface area contributed by atoms with Gasteiger partial charge in [-0.15, -0.1) is 0 Å². The molecule has 0 aliphatic carbocycles. The van der Waals surface area contributed by atoms with Crippen molar-refractivity contribution >= 4 is 40.5 Å². The molecule has 0 unspecified atom stereocenters.